The summed E-state index contributed by atoms with van der Waals surface area (Å²) < 4.78 is 25.7. The van der Waals surface area contributed by atoms with E-state index in [0.29, 0.717) is 0 Å². The Bertz CT molecular complexity index is 4230. The van der Waals surface area contributed by atoms with Crippen LogP contribution in [0.4, 0.5) is 0 Å². The van der Waals surface area contributed by atoms with E-state index in [4.69, 9.17) is 38.9 Å². The van der Waals surface area contributed by atoms with E-state index < -0.39 is 0 Å². The number of ether oxygens (including phenoxy) is 4. The monoisotopic (exact) mass is 1450 g/mol. The Morgan fingerprint density at radius 3 is 0.602 bits per heavy atom. The van der Waals surface area contributed by atoms with Crippen LogP contribution in [0.25, 0.3) is 121 Å². The van der Waals surface area contributed by atoms with Crippen LogP contribution in [-0.2, 0) is 10.8 Å². The molecule has 2 heterocycles. The minimum atomic E-state index is -0.225. The zero-order valence-electron chi connectivity index (χ0n) is 67.7. The average molecular weight is 1450 g/mol. The molecule has 0 spiro atoms. The van der Waals surface area contributed by atoms with Gasteiger partial charge in [-0.25, -0.2) is 19.9 Å². The summed E-state index contributed by atoms with van der Waals surface area (Å²) in [5.74, 6) is 3.58. The summed E-state index contributed by atoms with van der Waals surface area (Å²) in [4.78, 5) is 23.6. The third-order valence-corrected chi connectivity index (χ3v) is 22.6. The third kappa shape index (κ3) is 20.4. The molecule has 8 heteroatoms. The molecule has 0 N–H and O–H groups in total. The Balaban J connectivity index is 0.963. The highest BCUT2D eigenvalue weighted by Crippen LogP contribution is 2.49. The number of aromatic nitrogens is 4. The predicted molar refractivity (Wildman–Crippen MR) is 463 cm³/mol. The number of unbranched alkanes of at least 4 members (excludes halogenated alkanes) is 28. The summed E-state index contributed by atoms with van der Waals surface area (Å²) >= 11 is 0. The van der Waals surface area contributed by atoms with Crippen molar-refractivity contribution in [2.45, 2.75) is 286 Å². The van der Waals surface area contributed by atoms with Crippen molar-refractivity contribution in [1.29, 1.82) is 0 Å². The van der Waals surface area contributed by atoms with Gasteiger partial charge in [0.2, 0.25) is 0 Å². The quantitative estimate of drug-likeness (QED) is 0.0212. The Morgan fingerprint density at radius 2 is 0.417 bits per heavy atom. The van der Waals surface area contributed by atoms with E-state index in [1.165, 1.54) is 191 Å². The van der Waals surface area contributed by atoms with Gasteiger partial charge in [0, 0.05) is 32.3 Å². The van der Waals surface area contributed by atoms with Crippen molar-refractivity contribution in [1.82, 2.24) is 19.9 Å². The van der Waals surface area contributed by atoms with Gasteiger partial charge in [-0.3, -0.25) is 0 Å². The first-order chi connectivity index (χ1) is 52.7. The maximum Gasteiger partial charge on any atom is 0.119 e. The molecule has 8 nitrogen and oxygen atoms in total. The first-order valence-electron chi connectivity index (χ1n) is 42.7. The minimum Gasteiger partial charge on any atom is -0.494 e. The molecular formula is C100H126N4O4. The van der Waals surface area contributed by atoms with Gasteiger partial charge < -0.3 is 18.9 Å². The number of hydrogen-bond acceptors (Lipinski definition) is 8. The number of rotatable bonds is 44. The Labute approximate surface area is 647 Å². The second kappa shape index (κ2) is 38.8. The summed E-state index contributed by atoms with van der Waals surface area (Å²) in [6, 6.07) is 53.7. The third-order valence-electron chi connectivity index (χ3n) is 22.6. The molecule has 0 amide bonds. The van der Waals surface area contributed by atoms with Crippen molar-refractivity contribution in [2.24, 2.45) is 0 Å². The molecule has 108 heavy (non-hydrogen) atoms. The van der Waals surface area contributed by atoms with E-state index in [2.05, 4.69) is 215 Å². The summed E-state index contributed by atoms with van der Waals surface area (Å²) in [6.07, 6.45) is 40.6. The molecule has 2 aromatic heterocycles. The summed E-state index contributed by atoms with van der Waals surface area (Å²) in [5.41, 5.74) is 17.6. The van der Waals surface area contributed by atoms with Crippen LogP contribution in [0.3, 0.4) is 0 Å². The molecule has 12 aromatic rings. The molecule has 0 bridgehead atoms. The molecule has 0 fully saturated rings. The van der Waals surface area contributed by atoms with Crippen molar-refractivity contribution < 1.29 is 18.9 Å². The maximum absolute atomic E-state index is 6.42. The molecule has 0 aliphatic rings. The van der Waals surface area contributed by atoms with Crippen LogP contribution in [0.2, 0.25) is 0 Å². The van der Waals surface area contributed by atoms with Gasteiger partial charge in [0.15, 0.2) is 0 Å². The normalized spacial score (nSPS) is 12.2. The molecule has 0 aliphatic heterocycles. The highest BCUT2D eigenvalue weighted by Gasteiger charge is 2.28. The fraction of sp³-hybridized carbons (Fsp3) is 0.480. The van der Waals surface area contributed by atoms with Crippen LogP contribution in [0, 0.1) is 0 Å². The molecule has 0 saturated heterocycles. The number of benzene rings is 10. The number of nitrogens with zero attached hydrogens (tertiary/aromatic N) is 4. The van der Waals surface area contributed by atoms with E-state index in [0.717, 1.165) is 196 Å². The van der Waals surface area contributed by atoms with E-state index in [-0.39, 0.29) is 10.8 Å². The molecule has 0 radical (unpaired) electrons. The van der Waals surface area contributed by atoms with Gasteiger partial charge >= 0.3 is 0 Å². The number of hydrogen-bond donors (Lipinski definition) is 0. The fourth-order valence-electron chi connectivity index (χ4n) is 16.0. The highest BCUT2D eigenvalue weighted by molar-refractivity contribution is 6.39. The molecule has 0 aliphatic carbocycles. The van der Waals surface area contributed by atoms with Gasteiger partial charge in [0.25, 0.3) is 0 Å². The van der Waals surface area contributed by atoms with Crippen LogP contribution in [0.1, 0.15) is 286 Å². The zero-order chi connectivity index (χ0) is 75.2. The van der Waals surface area contributed by atoms with Crippen molar-refractivity contribution >= 4 is 76.5 Å². The topological polar surface area (TPSA) is 88.5 Å². The predicted octanol–water partition coefficient (Wildman–Crippen LogP) is 30.1. The molecule has 570 valence electrons. The maximum atomic E-state index is 6.42. The standard InChI is InChI=1S/C100H126N4O4/c1-11-15-19-23-27-31-35-39-59-105-77-51-43-71(44-52-77)81-67-89-90(68-82(81)72-45-53-78(54-46-72)106-60-40-36-32-28-24-20-16-12-2)102-96-86-64-76(100(8,9)10)66-88-94(86)93-85(95(96)101-89)63-75(99(5,6)7)65-87(93)97-98(88)104-92-70-84(74-49-57-80(58-50-74)108-62-42-38-34-30-26-22-18-14-4)83(69-91(92)103-97)73-47-55-79(56-48-73)107-61-41-37-33-29-25-21-17-13-3/h43-58,63-70H,11-42,59-62H2,1-10H3. The van der Waals surface area contributed by atoms with Gasteiger partial charge in [-0.2, -0.15) is 0 Å². The highest BCUT2D eigenvalue weighted by atomic mass is 16.5. The lowest BCUT2D eigenvalue weighted by atomic mass is 9.80. The first-order valence-corrected chi connectivity index (χ1v) is 42.7. The average Bonchev–Trinajstić information content (AvgIpc) is 0.689. The lowest BCUT2D eigenvalue weighted by Crippen LogP contribution is -2.12. The van der Waals surface area contributed by atoms with Crippen molar-refractivity contribution in [3.05, 3.63) is 157 Å². The van der Waals surface area contributed by atoms with Crippen LogP contribution in [-0.4, -0.2) is 46.4 Å². The van der Waals surface area contributed by atoms with Crippen molar-refractivity contribution in [3.8, 4) is 67.5 Å². The van der Waals surface area contributed by atoms with E-state index in [1.54, 1.807) is 0 Å². The van der Waals surface area contributed by atoms with Crippen LogP contribution < -0.4 is 18.9 Å². The SMILES string of the molecule is CCCCCCCCCCOc1ccc(-c2cc3nc4c5cc(C(C)(C)C)cc6c7nc8cc(-c9ccc(OCCCCCCCCCC)cc9)c(-c9ccc(OCCCCCCCCCC)cc9)cc8nc7c7cc(C(C)(C)C)cc(c4nc3cc2-c2ccc(OCCCCCCCCCC)cc2)c7c56)cc1. The van der Waals surface area contributed by atoms with Crippen molar-refractivity contribution in [2.75, 3.05) is 26.4 Å². The fourth-order valence-corrected chi connectivity index (χ4v) is 16.0. The minimum absolute atomic E-state index is 0.225. The van der Waals surface area contributed by atoms with Gasteiger partial charge in [-0.05, 0) is 189 Å². The Kier molecular flexibility index (Phi) is 28.5. The second-order valence-electron chi connectivity index (χ2n) is 33.4. The van der Waals surface area contributed by atoms with Gasteiger partial charge in [0.05, 0.1) is 70.6 Å². The molecule has 0 unspecified atom stereocenters. The van der Waals surface area contributed by atoms with Crippen LogP contribution in [0.15, 0.2) is 146 Å². The molecule has 12 rings (SSSR count). The molecule has 0 saturated carbocycles. The molecule has 10 aromatic carbocycles. The van der Waals surface area contributed by atoms with Crippen LogP contribution >= 0.6 is 0 Å². The number of fused-ring (bicyclic) bond motifs is 8. The first kappa shape index (κ1) is 79.2. The summed E-state index contributed by atoms with van der Waals surface area (Å²) in [7, 11) is 0. The zero-order valence-corrected chi connectivity index (χ0v) is 67.7. The second-order valence-corrected chi connectivity index (χ2v) is 33.4. The largest absolute Gasteiger partial charge is 0.494 e. The molecular weight excluding hydrogens is 1320 g/mol. The van der Waals surface area contributed by atoms with Gasteiger partial charge in [-0.15, -0.1) is 0 Å². The smallest absolute Gasteiger partial charge is 0.119 e. The van der Waals surface area contributed by atoms with E-state index in [9.17, 15) is 0 Å². The van der Waals surface area contributed by atoms with E-state index in [1.807, 2.05) is 0 Å². The van der Waals surface area contributed by atoms with Gasteiger partial charge in [0.1, 0.15) is 23.0 Å². The summed E-state index contributed by atoms with van der Waals surface area (Å²) in [5, 5.41) is 6.58. The van der Waals surface area contributed by atoms with E-state index >= 15 is 0 Å². The molecule has 0 atom stereocenters. The van der Waals surface area contributed by atoms with Crippen LogP contribution in [0.5, 0.6) is 23.0 Å². The van der Waals surface area contributed by atoms with Crippen molar-refractivity contribution in [3.63, 3.8) is 0 Å². The summed E-state index contributed by atoms with van der Waals surface area (Å²) in [6.45, 7) is 25.9. The van der Waals surface area contributed by atoms with Gasteiger partial charge in [-0.1, -0.05) is 298 Å². The Hall–Kier alpha value is -8.36. The lowest BCUT2D eigenvalue weighted by molar-refractivity contribution is 0.304. The Morgan fingerprint density at radius 1 is 0.231 bits per heavy atom. The lowest BCUT2D eigenvalue weighted by Gasteiger charge is -2.25.